The number of carbonyl (C=O) groups is 1. The SMILES string of the molecule is CCc1noc(C)c1NC(=O)N(CCO)C1CC1. The highest BCUT2D eigenvalue weighted by molar-refractivity contribution is 5.90. The summed E-state index contributed by atoms with van der Waals surface area (Å²) < 4.78 is 5.07. The molecule has 0 bridgehead atoms. The zero-order valence-corrected chi connectivity index (χ0v) is 10.8. The van der Waals surface area contributed by atoms with E-state index in [9.17, 15) is 4.79 Å². The van der Waals surface area contributed by atoms with Crippen LogP contribution >= 0.6 is 0 Å². The molecule has 2 rings (SSSR count). The Morgan fingerprint density at radius 1 is 1.61 bits per heavy atom. The van der Waals surface area contributed by atoms with E-state index in [4.69, 9.17) is 9.63 Å². The molecule has 6 nitrogen and oxygen atoms in total. The second kappa shape index (κ2) is 5.39. The molecule has 100 valence electrons. The van der Waals surface area contributed by atoms with E-state index < -0.39 is 0 Å². The molecule has 1 aromatic heterocycles. The Bertz CT molecular complexity index is 426. The van der Waals surface area contributed by atoms with E-state index >= 15 is 0 Å². The second-order valence-electron chi connectivity index (χ2n) is 4.49. The Balaban J connectivity index is 2.07. The highest BCUT2D eigenvalue weighted by Gasteiger charge is 2.32. The lowest BCUT2D eigenvalue weighted by Gasteiger charge is -2.21. The van der Waals surface area contributed by atoms with Gasteiger partial charge in [0.25, 0.3) is 0 Å². The van der Waals surface area contributed by atoms with Crippen LogP contribution in [-0.4, -0.2) is 40.4 Å². The van der Waals surface area contributed by atoms with E-state index in [1.165, 1.54) is 0 Å². The molecule has 0 aliphatic heterocycles. The van der Waals surface area contributed by atoms with Gasteiger partial charge < -0.3 is 19.8 Å². The fourth-order valence-corrected chi connectivity index (χ4v) is 1.94. The number of anilines is 1. The molecular weight excluding hydrogens is 234 g/mol. The zero-order chi connectivity index (χ0) is 13.1. The molecule has 1 fully saturated rings. The van der Waals surface area contributed by atoms with Gasteiger partial charge >= 0.3 is 6.03 Å². The molecular formula is C12H19N3O3. The van der Waals surface area contributed by atoms with Crippen LogP contribution in [0.25, 0.3) is 0 Å². The number of hydrogen-bond acceptors (Lipinski definition) is 4. The molecule has 1 saturated carbocycles. The molecule has 0 radical (unpaired) electrons. The minimum atomic E-state index is -0.187. The standard InChI is InChI=1S/C12H19N3O3/c1-3-10-11(8(2)18-14-10)13-12(17)15(6-7-16)9-4-5-9/h9,16H,3-7H2,1-2H3,(H,13,17). The van der Waals surface area contributed by atoms with Gasteiger partial charge in [0.05, 0.1) is 6.61 Å². The number of aliphatic hydroxyl groups is 1. The number of aromatic nitrogens is 1. The number of urea groups is 1. The lowest BCUT2D eigenvalue weighted by molar-refractivity contribution is 0.185. The molecule has 2 N–H and O–H groups in total. The molecule has 1 aliphatic rings. The van der Waals surface area contributed by atoms with Crippen molar-refractivity contribution in [1.29, 1.82) is 0 Å². The predicted molar refractivity (Wildman–Crippen MR) is 66.5 cm³/mol. The van der Waals surface area contributed by atoms with Gasteiger partial charge in [-0.25, -0.2) is 4.79 Å². The fraction of sp³-hybridized carbons (Fsp3) is 0.667. The topological polar surface area (TPSA) is 78.6 Å². The largest absolute Gasteiger partial charge is 0.395 e. The monoisotopic (exact) mass is 253 g/mol. The van der Waals surface area contributed by atoms with Gasteiger partial charge in [0.1, 0.15) is 11.4 Å². The molecule has 0 spiro atoms. The summed E-state index contributed by atoms with van der Waals surface area (Å²) in [6, 6.07) is 0.0787. The smallest absolute Gasteiger partial charge is 0.322 e. The molecule has 0 aromatic carbocycles. The van der Waals surface area contributed by atoms with Crippen LogP contribution in [0.3, 0.4) is 0 Å². The molecule has 1 aliphatic carbocycles. The lowest BCUT2D eigenvalue weighted by Crippen LogP contribution is -2.38. The molecule has 2 amide bonds. The van der Waals surface area contributed by atoms with Crippen LogP contribution in [0, 0.1) is 6.92 Å². The van der Waals surface area contributed by atoms with Crippen LogP contribution in [0.1, 0.15) is 31.2 Å². The first-order valence-electron chi connectivity index (χ1n) is 6.31. The average molecular weight is 253 g/mol. The maximum absolute atomic E-state index is 12.1. The number of hydrogen-bond donors (Lipinski definition) is 2. The molecule has 0 saturated heterocycles. The van der Waals surface area contributed by atoms with Crippen molar-refractivity contribution in [1.82, 2.24) is 10.1 Å². The maximum atomic E-state index is 12.1. The minimum Gasteiger partial charge on any atom is -0.395 e. The molecule has 0 unspecified atom stereocenters. The highest BCUT2D eigenvalue weighted by atomic mass is 16.5. The molecule has 1 aromatic rings. The summed E-state index contributed by atoms with van der Waals surface area (Å²) in [5.74, 6) is 0.611. The summed E-state index contributed by atoms with van der Waals surface area (Å²) in [6.45, 7) is 4.07. The van der Waals surface area contributed by atoms with E-state index in [1.54, 1.807) is 11.8 Å². The third kappa shape index (κ3) is 2.64. The van der Waals surface area contributed by atoms with Crippen molar-refractivity contribution in [3.63, 3.8) is 0 Å². The zero-order valence-electron chi connectivity index (χ0n) is 10.8. The van der Waals surface area contributed by atoms with Gasteiger partial charge in [-0.3, -0.25) is 0 Å². The Morgan fingerprint density at radius 2 is 2.33 bits per heavy atom. The Kier molecular flexibility index (Phi) is 3.86. The lowest BCUT2D eigenvalue weighted by atomic mass is 10.2. The number of amides is 2. The van der Waals surface area contributed by atoms with Gasteiger partial charge in [-0.15, -0.1) is 0 Å². The Labute approximate surface area is 106 Å². The van der Waals surface area contributed by atoms with Crippen LogP contribution in [0.15, 0.2) is 4.52 Å². The summed E-state index contributed by atoms with van der Waals surface area (Å²) in [4.78, 5) is 13.8. The summed E-state index contributed by atoms with van der Waals surface area (Å²) in [5, 5.41) is 15.7. The first-order chi connectivity index (χ1) is 8.67. The van der Waals surface area contributed by atoms with Crippen molar-refractivity contribution >= 4 is 11.7 Å². The number of rotatable bonds is 5. The number of aryl methyl sites for hydroxylation is 2. The van der Waals surface area contributed by atoms with Gasteiger partial charge in [-0.1, -0.05) is 12.1 Å². The molecule has 18 heavy (non-hydrogen) atoms. The molecule has 1 heterocycles. The van der Waals surface area contributed by atoms with E-state index in [-0.39, 0.29) is 18.7 Å². The van der Waals surface area contributed by atoms with Crippen LogP contribution in [-0.2, 0) is 6.42 Å². The van der Waals surface area contributed by atoms with Gasteiger partial charge in [-0.2, -0.15) is 0 Å². The van der Waals surface area contributed by atoms with Crippen molar-refractivity contribution in [3.8, 4) is 0 Å². The Hall–Kier alpha value is -1.56. The van der Waals surface area contributed by atoms with Gasteiger partial charge in [0.15, 0.2) is 5.76 Å². The number of nitrogens with one attached hydrogen (secondary N) is 1. The average Bonchev–Trinajstić information content (AvgIpc) is 3.13. The minimum absolute atomic E-state index is 0.0207. The fourth-order valence-electron chi connectivity index (χ4n) is 1.94. The van der Waals surface area contributed by atoms with Crippen molar-refractivity contribution in [2.24, 2.45) is 0 Å². The quantitative estimate of drug-likeness (QED) is 0.834. The number of carbonyl (C=O) groups excluding carboxylic acids is 1. The van der Waals surface area contributed by atoms with Crippen LogP contribution in [0.5, 0.6) is 0 Å². The third-order valence-corrected chi connectivity index (χ3v) is 3.09. The van der Waals surface area contributed by atoms with E-state index in [0.717, 1.165) is 18.5 Å². The van der Waals surface area contributed by atoms with Crippen LogP contribution in [0.4, 0.5) is 10.5 Å². The maximum Gasteiger partial charge on any atom is 0.322 e. The van der Waals surface area contributed by atoms with Crippen molar-refractivity contribution < 1.29 is 14.4 Å². The van der Waals surface area contributed by atoms with E-state index in [1.807, 2.05) is 6.92 Å². The van der Waals surface area contributed by atoms with Crippen molar-refractivity contribution in [2.75, 3.05) is 18.5 Å². The van der Waals surface area contributed by atoms with Crippen LogP contribution < -0.4 is 5.32 Å². The van der Waals surface area contributed by atoms with Crippen molar-refractivity contribution in [2.45, 2.75) is 39.2 Å². The molecule has 0 atom stereocenters. The summed E-state index contributed by atoms with van der Waals surface area (Å²) in [6.07, 6.45) is 2.73. The number of nitrogens with zero attached hydrogens (tertiary/aromatic N) is 2. The summed E-state index contributed by atoms with van der Waals surface area (Å²) in [7, 11) is 0. The predicted octanol–water partition coefficient (Wildman–Crippen LogP) is 1.53. The Morgan fingerprint density at radius 3 is 2.89 bits per heavy atom. The van der Waals surface area contributed by atoms with Crippen LogP contribution in [0.2, 0.25) is 0 Å². The number of aliphatic hydroxyl groups excluding tert-OH is 1. The first-order valence-corrected chi connectivity index (χ1v) is 6.31. The molecule has 6 heteroatoms. The van der Waals surface area contributed by atoms with Gasteiger partial charge in [0, 0.05) is 12.6 Å². The third-order valence-electron chi connectivity index (χ3n) is 3.09. The van der Waals surface area contributed by atoms with E-state index in [0.29, 0.717) is 24.4 Å². The van der Waals surface area contributed by atoms with E-state index in [2.05, 4.69) is 10.5 Å². The summed E-state index contributed by atoms with van der Waals surface area (Å²) >= 11 is 0. The normalized spacial score (nSPS) is 14.6. The van der Waals surface area contributed by atoms with Gasteiger partial charge in [-0.05, 0) is 26.2 Å². The van der Waals surface area contributed by atoms with Crippen molar-refractivity contribution in [3.05, 3.63) is 11.5 Å². The first kappa shape index (κ1) is 12.9. The second-order valence-corrected chi connectivity index (χ2v) is 4.49. The highest BCUT2D eigenvalue weighted by Crippen LogP contribution is 2.28. The summed E-state index contributed by atoms with van der Waals surface area (Å²) in [5.41, 5.74) is 1.41. The van der Waals surface area contributed by atoms with Gasteiger partial charge in [0.2, 0.25) is 0 Å².